The molecule has 0 saturated heterocycles. The largest absolute Gasteiger partial charge is 0.383 e. The topological polar surface area (TPSA) is 56.1 Å². The van der Waals surface area contributed by atoms with Crippen LogP contribution in [0.15, 0.2) is 36.4 Å². The molecule has 5 heteroatoms. The number of nitrogens with one attached hydrogen (secondary N) is 1. The van der Waals surface area contributed by atoms with Gasteiger partial charge in [0.15, 0.2) is 0 Å². The Balaban J connectivity index is 2.08. The van der Waals surface area contributed by atoms with Crippen molar-refractivity contribution in [2.24, 2.45) is 7.05 Å². The maximum atomic E-state index is 12.5. The minimum absolute atomic E-state index is 0.0766. The molecule has 5 nitrogen and oxygen atoms in total. The maximum absolute atomic E-state index is 12.5. The molecule has 1 heterocycles. The first-order valence-electron chi connectivity index (χ1n) is 7.89. The number of amides is 1. The molecule has 0 saturated carbocycles. The number of hydrogen-bond donors (Lipinski definition) is 1. The van der Waals surface area contributed by atoms with Crippen LogP contribution in [0.5, 0.6) is 0 Å². The van der Waals surface area contributed by atoms with Gasteiger partial charge in [-0.1, -0.05) is 44.2 Å². The average Bonchev–Trinajstić information content (AvgIpc) is 2.91. The van der Waals surface area contributed by atoms with E-state index in [4.69, 9.17) is 4.74 Å². The number of ether oxygens (including phenoxy) is 1. The molecule has 2 aromatic rings. The van der Waals surface area contributed by atoms with Crippen LogP contribution in [0.4, 0.5) is 0 Å². The number of hydrogen-bond acceptors (Lipinski definition) is 3. The number of methoxy groups -OCH3 is 1. The minimum Gasteiger partial charge on any atom is -0.383 e. The zero-order chi connectivity index (χ0) is 16.8. The molecule has 0 bridgehead atoms. The monoisotopic (exact) mass is 315 g/mol. The molecule has 23 heavy (non-hydrogen) atoms. The number of carbonyl (C=O) groups excluding carboxylic acids is 1. The van der Waals surface area contributed by atoms with Crippen LogP contribution in [0.25, 0.3) is 0 Å². The summed E-state index contributed by atoms with van der Waals surface area (Å²) < 4.78 is 6.89. The summed E-state index contributed by atoms with van der Waals surface area (Å²) in [6.45, 7) is 4.59. The van der Waals surface area contributed by atoms with Crippen molar-refractivity contribution in [3.63, 3.8) is 0 Å². The average molecular weight is 315 g/mol. The van der Waals surface area contributed by atoms with Gasteiger partial charge >= 0.3 is 0 Å². The standard InChI is InChI=1S/C18H25N3O2/c1-13(2)16-11-17(21(3)20-16)18(22)19-15(12-23-4)10-14-8-6-5-7-9-14/h5-9,11,13,15H,10,12H2,1-4H3,(H,19,22)/t15-/m0/s1. The SMILES string of the molecule is COC[C@H](Cc1ccccc1)NC(=O)c1cc(C(C)C)nn1C. The fourth-order valence-electron chi connectivity index (χ4n) is 2.49. The highest BCUT2D eigenvalue weighted by Gasteiger charge is 2.19. The number of rotatable bonds is 7. The smallest absolute Gasteiger partial charge is 0.269 e. The van der Waals surface area contributed by atoms with Crippen molar-refractivity contribution in [3.8, 4) is 0 Å². The van der Waals surface area contributed by atoms with Gasteiger partial charge in [-0.2, -0.15) is 5.10 Å². The number of aryl methyl sites for hydroxylation is 1. The minimum atomic E-state index is -0.120. The van der Waals surface area contributed by atoms with Crippen molar-refractivity contribution < 1.29 is 9.53 Å². The van der Waals surface area contributed by atoms with Gasteiger partial charge in [-0.25, -0.2) is 0 Å². The lowest BCUT2D eigenvalue weighted by atomic mass is 10.1. The van der Waals surface area contributed by atoms with E-state index in [1.54, 1.807) is 18.8 Å². The zero-order valence-corrected chi connectivity index (χ0v) is 14.2. The number of aromatic nitrogens is 2. The lowest BCUT2D eigenvalue weighted by Gasteiger charge is -2.18. The first-order valence-corrected chi connectivity index (χ1v) is 7.89. The summed E-state index contributed by atoms with van der Waals surface area (Å²) in [5.41, 5.74) is 2.66. The fraction of sp³-hybridized carbons (Fsp3) is 0.444. The Morgan fingerprint density at radius 1 is 1.30 bits per heavy atom. The summed E-state index contributed by atoms with van der Waals surface area (Å²) in [5.74, 6) is 0.173. The molecule has 1 aromatic heterocycles. The van der Waals surface area contributed by atoms with Gasteiger partial charge in [-0.15, -0.1) is 0 Å². The van der Waals surface area contributed by atoms with Crippen LogP contribution in [-0.2, 0) is 18.2 Å². The molecule has 0 radical (unpaired) electrons. The molecule has 1 atom stereocenters. The third kappa shape index (κ3) is 4.66. The van der Waals surface area contributed by atoms with Crippen LogP contribution >= 0.6 is 0 Å². The molecule has 1 aromatic carbocycles. The van der Waals surface area contributed by atoms with E-state index in [0.717, 1.165) is 12.1 Å². The van der Waals surface area contributed by atoms with E-state index in [1.807, 2.05) is 24.3 Å². The molecule has 1 N–H and O–H groups in total. The fourth-order valence-corrected chi connectivity index (χ4v) is 2.49. The van der Waals surface area contributed by atoms with Crippen molar-refractivity contribution in [1.82, 2.24) is 15.1 Å². The highest BCUT2D eigenvalue weighted by atomic mass is 16.5. The van der Waals surface area contributed by atoms with Gasteiger partial charge in [-0.3, -0.25) is 9.48 Å². The Morgan fingerprint density at radius 3 is 2.57 bits per heavy atom. The van der Waals surface area contributed by atoms with Crippen molar-refractivity contribution in [2.45, 2.75) is 32.2 Å². The Labute approximate surface area is 137 Å². The number of carbonyl (C=O) groups is 1. The Kier molecular flexibility index (Phi) is 5.93. The Bertz CT molecular complexity index is 635. The predicted molar refractivity (Wildman–Crippen MR) is 90.6 cm³/mol. The molecular formula is C18H25N3O2. The molecule has 0 spiro atoms. The highest BCUT2D eigenvalue weighted by Crippen LogP contribution is 2.14. The third-order valence-electron chi connectivity index (χ3n) is 3.75. The second kappa shape index (κ2) is 7.92. The molecule has 0 aliphatic rings. The summed E-state index contributed by atoms with van der Waals surface area (Å²) >= 11 is 0. The summed E-state index contributed by atoms with van der Waals surface area (Å²) in [7, 11) is 3.44. The number of benzene rings is 1. The first-order chi connectivity index (χ1) is 11.0. The van der Waals surface area contributed by atoms with Crippen LogP contribution < -0.4 is 5.32 Å². The van der Waals surface area contributed by atoms with E-state index in [9.17, 15) is 4.79 Å². The van der Waals surface area contributed by atoms with Crippen molar-refractivity contribution in [3.05, 3.63) is 53.3 Å². The summed E-state index contributed by atoms with van der Waals surface area (Å²) in [6.07, 6.45) is 0.731. The van der Waals surface area contributed by atoms with Gasteiger partial charge in [0.2, 0.25) is 0 Å². The molecule has 1 amide bonds. The summed E-state index contributed by atoms with van der Waals surface area (Å²) in [4.78, 5) is 12.5. The van der Waals surface area contributed by atoms with Gasteiger partial charge in [-0.05, 0) is 24.0 Å². The number of nitrogens with zero attached hydrogens (tertiary/aromatic N) is 2. The van der Waals surface area contributed by atoms with Crippen molar-refractivity contribution in [2.75, 3.05) is 13.7 Å². The van der Waals surface area contributed by atoms with E-state index in [2.05, 4.69) is 36.4 Å². The molecule has 0 aliphatic carbocycles. The van der Waals surface area contributed by atoms with Crippen LogP contribution in [-0.4, -0.2) is 35.4 Å². The first kappa shape index (κ1) is 17.2. The third-order valence-corrected chi connectivity index (χ3v) is 3.75. The molecule has 0 aliphatic heterocycles. The molecule has 124 valence electrons. The van der Waals surface area contributed by atoms with Gasteiger partial charge in [0.1, 0.15) is 5.69 Å². The summed E-state index contributed by atoms with van der Waals surface area (Å²) in [5, 5.41) is 7.44. The van der Waals surface area contributed by atoms with Crippen molar-refractivity contribution >= 4 is 5.91 Å². The van der Waals surface area contributed by atoms with E-state index in [1.165, 1.54) is 5.56 Å². The lowest BCUT2D eigenvalue weighted by Crippen LogP contribution is -2.40. The van der Waals surface area contributed by atoms with Crippen LogP contribution in [0, 0.1) is 0 Å². The summed E-state index contributed by atoms with van der Waals surface area (Å²) in [6, 6.07) is 11.9. The van der Waals surface area contributed by atoms with Crippen LogP contribution in [0.1, 0.15) is 41.5 Å². The molecule has 2 rings (SSSR count). The molecular weight excluding hydrogens is 290 g/mol. The van der Waals surface area contributed by atoms with E-state index >= 15 is 0 Å². The lowest BCUT2D eigenvalue weighted by molar-refractivity contribution is 0.0887. The van der Waals surface area contributed by atoms with E-state index < -0.39 is 0 Å². The highest BCUT2D eigenvalue weighted by molar-refractivity contribution is 5.92. The second-order valence-electron chi connectivity index (χ2n) is 6.05. The Morgan fingerprint density at radius 2 is 2.00 bits per heavy atom. The Hall–Kier alpha value is -2.14. The van der Waals surface area contributed by atoms with Crippen molar-refractivity contribution in [1.29, 1.82) is 0 Å². The second-order valence-corrected chi connectivity index (χ2v) is 6.05. The normalized spacial score (nSPS) is 12.4. The van der Waals surface area contributed by atoms with Gasteiger partial charge in [0.25, 0.3) is 5.91 Å². The van der Waals surface area contributed by atoms with E-state index in [-0.39, 0.29) is 11.9 Å². The van der Waals surface area contributed by atoms with Gasteiger partial charge in [0.05, 0.1) is 18.3 Å². The quantitative estimate of drug-likeness (QED) is 0.854. The van der Waals surface area contributed by atoms with E-state index in [0.29, 0.717) is 18.2 Å². The zero-order valence-electron chi connectivity index (χ0n) is 14.2. The maximum Gasteiger partial charge on any atom is 0.269 e. The molecule has 0 fully saturated rings. The van der Waals surface area contributed by atoms with Crippen LogP contribution in [0.2, 0.25) is 0 Å². The van der Waals surface area contributed by atoms with Crippen LogP contribution in [0.3, 0.4) is 0 Å². The predicted octanol–water partition coefficient (Wildman–Crippen LogP) is 2.53. The molecule has 0 unspecified atom stereocenters. The van der Waals surface area contributed by atoms with Gasteiger partial charge in [0, 0.05) is 14.2 Å². The van der Waals surface area contributed by atoms with Gasteiger partial charge < -0.3 is 10.1 Å².